The highest BCUT2D eigenvalue weighted by atomic mass is 35.5. The van der Waals surface area contributed by atoms with Crippen molar-refractivity contribution in [3.8, 4) is 22.4 Å². The van der Waals surface area contributed by atoms with Gasteiger partial charge in [0.05, 0.1) is 35.4 Å². The first-order valence-corrected chi connectivity index (χ1v) is 9.07. The van der Waals surface area contributed by atoms with E-state index in [1.807, 2.05) is 12.4 Å². The first-order valence-electron chi connectivity index (χ1n) is 8.69. The second-order valence-electron chi connectivity index (χ2n) is 6.60. The van der Waals surface area contributed by atoms with Crippen LogP contribution in [-0.4, -0.2) is 31.0 Å². The number of benzene rings is 1. The Kier molecular flexibility index (Phi) is 3.92. The molecule has 0 aliphatic rings. The molecule has 5 rings (SSSR count). The Hall–Kier alpha value is -3.58. The number of halogens is 2. The van der Waals surface area contributed by atoms with E-state index in [9.17, 15) is 9.18 Å². The number of aromatic nitrogens is 5. The van der Waals surface area contributed by atoms with Gasteiger partial charge in [-0.1, -0.05) is 35.9 Å². The Bertz CT molecular complexity index is 1400. The molecular formula is C21H12ClFN5O. The molecule has 0 spiro atoms. The average molecular weight is 405 g/mol. The van der Waals surface area contributed by atoms with Crippen LogP contribution in [0.3, 0.4) is 0 Å². The van der Waals surface area contributed by atoms with Gasteiger partial charge in [0.1, 0.15) is 16.6 Å². The second kappa shape index (κ2) is 6.49. The smallest absolute Gasteiger partial charge is 0.233 e. The minimum Gasteiger partial charge on any atom is -0.338 e. The number of hydrogen-bond acceptors (Lipinski definition) is 4. The van der Waals surface area contributed by atoms with Crippen LogP contribution in [0.15, 0.2) is 48.9 Å². The predicted octanol–water partition coefficient (Wildman–Crippen LogP) is 4.43. The van der Waals surface area contributed by atoms with Gasteiger partial charge in [-0.25, -0.2) is 9.37 Å². The van der Waals surface area contributed by atoms with Crippen LogP contribution in [-0.2, 0) is 11.8 Å². The summed E-state index contributed by atoms with van der Waals surface area (Å²) < 4.78 is 16.4. The maximum atomic E-state index is 14.9. The maximum Gasteiger partial charge on any atom is 0.233 e. The molecule has 4 heterocycles. The molecule has 1 N–H and O–H groups in total. The molecule has 0 saturated carbocycles. The van der Waals surface area contributed by atoms with E-state index in [4.69, 9.17) is 11.6 Å². The normalized spacial score (nSPS) is 11.4. The molecular weight excluding hydrogens is 393 g/mol. The molecule has 8 heteroatoms. The Morgan fingerprint density at radius 2 is 1.93 bits per heavy atom. The van der Waals surface area contributed by atoms with Crippen molar-refractivity contribution in [1.29, 1.82) is 0 Å². The molecule has 1 aromatic carbocycles. The summed E-state index contributed by atoms with van der Waals surface area (Å²) in [5.41, 5.74) is 4.00. The minimum atomic E-state index is -0.459. The van der Waals surface area contributed by atoms with Crippen LogP contribution in [0.25, 0.3) is 44.3 Å². The van der Waals surface area contributed by atoms with E-state index >= 15 is 0 Å². The minimum absolute atomic E-state index is 0.396. The largest absolute Gasteiger partial charge is 0.338 e. The van der Waals surface area contributed by atoms with Crippen molar-refractivity contribution >= 4 is 39.8 Å². The molecule has 141 valence electrons. The van der Waals surface area contributed by atoms with Gasteiger partial charge in [-0.2, -0.15) is 5.10 Å². The van der Waals surface area contributed by atoms with Gasteiger partial charge in [0.2, 0.25) is 6.29 Å². The molecule has 0 fully saturated rings. The van der Waals surface area contributed by atoms with Crippen LogP contribution in [0.1, 0.15) is 5.56 Å². The van der Waals surface area contributed by atoms with E-state index in [1.54, 1.807) is 48.4 Å². The first kappa shape index (κ1) is 17.5. The zero-order valence-electron chi connectivity index (χ0n) is 15.1. The quantitative estimate of drug-likeness (QED) is 0.482. The zero-order chi connectivity index (χ0) is 20.1. The molecule has 1 radical (unpaired) electrons. The van der Waals surface area contributed by atoms with Gasteiger partial charge in [0.25, 0.3) is 0 Å². The van der Waals surface area contributed by atoms with Crippen LogP contribution in [0, 0.1) is 5.82 Å². The molecule has 0 bridgehead atoms. The molecule has 0 amide bonds. The number of pyridine rings is 2. The fourth-order valence-electron chi connectivity index (χ4n) is 3.46. The molecule has 0 saturated heterocycles. The Labute approximate surface area is 169 Å². The second-order valence-corrected chi connectivity index (χ2v) is 6.95. The third kappa shape index (κ3) is 2.70. The van der Waals surface area contributed by atoms with Gasteiger partial charge in [0.15, 0.2) is 0 Å². The van der Waals surface area contributed by atoms with Crippen molar-refractivity contribution in [2.24, 2.45) is 7.05 Å². The van der Waals surface area contributed by atoms with Crippen LogP contribution in [0.5, 0.6) is 0 Å². The topological polar surface area (TPSA) is 76.5 Å². The Morgan fingerprint density at radius 1 is 1.14 bits per heavy atom. The lowest BCUT2D eigenvalue weighted by Gasteiger charge is -2.06. The molecule has 0 unspecified atom stereocenters. The zero-order valence-corrected chi connectivity index (χ0v) is 15.8. The summed E-state index contributed by atoms with van der Waals surface area (Å²) in [5.74, 6) is -0.459. The summed E-state index contributed by atoms with van der Waals surface area (Å²) in [5, 5.41) is 6.00. The van der Waals surface area contributed by atoms with Gasteiger partial charge in [-0.3, -0.25) is 14.5 Å². The van der Waals surface area contributed by atoms with Crippen molar-refractivity contribution < 1.29 is 9.18 Å². The van der Waals surface area contributed by atoms with Gasteiger partial charge >= 0.3 is 0 Å². The van der Waals surface area contributed by atoms with Crippen LogP contribution < -0.4 is 0 Å². The molecule has 0 aliphatic carbocycles. The van der Waals surface area contributed by atoms with Crippen LogP contribution in [0.4, 0.5) is 4.39 Å². The Morgan fingerprint density at radius 3 is 2.62 bits per heavy atom. The molecule has 5 aromatic rings. The number of nitrogens with one attached hydrogen (secondary N) is 1. The highest BCUT2D eigenvalue weighted by molar-refractivity contribution is 6.32. The maximum absolute atomic E-state index is 14.9. The van der Waals surface area contributed by atoms with Gasteiger partial charge in [-0.15, -0.1) is 0 Å². The number of fused-ring (bicyclic) bond motifs is 3. The predicted molar refractivity (Wildman–Crippen MR) is 109 cm³/mol. The van der Waals surface area contributed by atoms with E-state index in [0.29, 0.717) is 44.1 Å². The summed E-state index contributed by atoms with van der Waals surface area (Å²) in [4.78, 5) is 22.7. The van der Waals surface area contributed by atoms with E-state index in [2.05, 4.69) is 20.1 Å². The molecule has 6 nitrogen and oxygen atoms in total. The van der Waals surface area contributed by atoms with E-state index < -0.39 is 5.82 Å². The van der Waals surface area contributed by atoms with Gasteiger partial charge in [-0.05, 0) is 11.6 Å². The van der Waals surface area contributed by atoms with Crippen LogP contribution in [0.2, 0.25) is 5.15 Å². The van der Waals surface area contributed by atoms with Crippen molar-refractivity contribution in [1.82, 2.24) is 24.7 Å². The highest BCUT2D eigenvalue weighted by Gasteiger charge is 2.18. The van der Waals surface area contributed by atoms with Crippen molar-refractivity contribution in [2.75, 3.05) is 0 Å². The lowest BCUT2D eigenvalue weighted by Crippen LogP contribution is -1.90. The van der Waals surface area contributed by atoms with Crippen molar-refractivity contribution in [2.45, 2.75) is 0 Å². The van der Waals surface area contributed by atoms with Crippen molar-refractivity contribution in [3.63, 3.8) is 0 Å². The summed E-state index contributed by atoms with van der Waals surface area (Å²) >= 11 is 6.32. The lowest BCUT2D eigenvalue weighted by atomic mass is 9.99. The van der Waals surface area contributed by atoms with E-state index in [-0.39, 0.29) is 0 Å². The number of hydrogen-bond donors (Lipinski definition) is 1. The SMILES string of the molecule is Cn1ncc(-c2cc3c(cn2)[nH]c2ncc(F)c(-c4ccc([C]=O)cc4)c23)c1Cl. The number of rotatable bonds is 3. The lowest BCUT2D eigenvalue weighted by molar-refractivity contribution is 0.563. The molecule has 4 aromatic heterocycles. The summed E-state index contributed by atoms with van der Waals surface area (Å²) in [6.45, 7) is 0. The van der Waals surface area contributed by atoms with Gasteiger partial charge < -0.3 is 4.98 Å². The van der Waals surface area contributed by atoms with Crippen molar-refractivity contribution in [3.05, 3.63) is 65.5 Å². The summed E-state index contributed by atoms with van der Waals surface area (Å²) in [6, 6.07) is 8.43. The molecule has 29 heavy (non-hydrogen) atoms. The van der Waals surface area contributed by atoms with E-state index in [0.717, 1.165) is 10.9 Å². The molecule has 0 atom stereocenters. The summed E-state index contributed by atoms with van der Waals surface area (Å²) in [6.07, 6.45) is 6.31. The van der Waals surface area contributed by atoms with Gasteiger partial charge in [0, 0.05) is 28.9 Å². The number of carbonyl (C=O) groups excluding carboxylic acids is 1. The number of H-pyrrole nitrogens is 1. The highest BCUT2D eigenvalue weighted by Crippen LogP contribution is 2.37. The fraction of sp³-hybridized carbons (Fsp3) is 0.0476. The third-order valence-corrected chi connectivity index (χ3v) is 5.34. The molecule has 0 aliphatic heterocycles. The number of aryl methyl sites for hydroxylation is 1. The monoisotopic (exact) mass is 404 g/mol. The number of nitrogens with zero attached hydrogens (tertiary/aromatic N) is 4. The Balaban J connectivity index is 1.81. The fourth-order valence-corrected chi connectivity index (χ4v) is 3.65. The first-order chi connectivity index (χ1) is 14.1. The third-order valence-electron chi connectivity index (χ3n) is 4.89. The van der Waals surface area contributed by atoms with Crippen LogP contribution >= 0.6 is 11.6 Å². The standard InChI is InChI=1S/C21H12ClFN5O/c1-28-20(22)14(7-26-28)16-6-13-17(9-24-16)27-21-19(13)18(15(23)8-25-21)12-4-2-11(10-29)3-5-12/h2-9H,1H3,(H,25,27). The average Bonchev–Trinajstić information content (AvgIpc) is 3.28. The summed E-state index contributed by atoms with van der Waals surface area (Å²) in [7, 11) is 1.74. The number of aromatic amines is 1. The van der Waals surface area contributed by atoms with E-state index in [1.165, 1.54) is 6.20 Å².